The number of piperidine rings is 1. The quantitative estimate of drug-likeness (QED) is 0.435. The van der Waals surface area contributed by atoms with E-state index in [0.29, 0.717) is 12.5 Å². The third-order valence-electron chi connectivity index (χ3n) is 4.75. The predicted octanol–water partition coefficient (Wildman–Crippen LogP) is 3.05. The lowest BCUT2D eigenvalue weighted by Crippen LogP contribution is -2.45. The van der Waals surface area contributed by atoms with Gasteiger partial charge in [-0.15, -0.1) is 0 Å². The number of aromatic amines is 1. The summed E-state index contributed by atoms with van der Waals surface area (Å²) < 4.78 is 44.4. The van der Waals surface area contributed by atoms with E-state index in [1.807, 2.05) is 6.92 Å². The first-order valence-electron chi connectivity index (χ1n) is 9.66. The summed E-state index contributed by atoms with van der Waals surface area (Å²) in [5.74, 6) is 1.83. The predicted molar refractivity (Wildman–Crippen MR) is 103 cm³/mol. The fourth-order valence-corrected chi connectivity index (χ4v) is 3.34. The van der Waals surface area contributed by atoms with Crippen LogP contribution in [-0.2, 0) is 6.18 Å². The van der Waals surface area contributed by atoms with E-state index in [4.69, 9.17) is 4.74 Å². The fraction of sp³-hybridized carbons (Fsp3) is 0.526. The minimum absolute atomic E-state index is 0.0660. The molecule has 0 saturated carbocycles. The molecule has 0 spiro atoms. The highest BCUT2D eigenvalue weighted by molar-refractivity contribution is 5.80. The second kappa shape index (κ2) is 9.62. The van der Waals surface area contributed by atoms with Gasteiger partial charge in [0, 0.05) is 25.6 Å². The van der Waals surface area contributed by atoms with Crippen molar-refractivity contribution < 1.29 is 17.9 Å². The first-order chi connectivity index (χ1) is 14.0. The van der Waals surface area contributed by atoms with Crippen LogP contribution < -0.4 is 10.1 Å². The number of halogens is 3. The zero-order valence-corrected chi connectivity index (χ0v) is 16.2. The molecule has 1 aliphatic rings. The number of nitrogens with one attached hydrogen (secondary N) is 2. The minimum Gasteiger partial charge on any atom is -0.491 e. The molecule has 1 aromatic heterocycles. The van der Waals surface area contributed by atoms with Crippen LogP contribution in [0.3, 0.4) is 0 Å². The van der Waals surface area contributed by atoms with Crippen molar-refractivity contribution in [1.29, 1.82) is 0 Å². The molecule has 7 nitrogen and oxygen atoms in total. The summed E-state index contributed by atoms with van der Waals surface area (Å²) in [5, 5.41) is 10.1. The molecule has 2 aromatic rings. The zero-order valence-electron chi connectivity index (χ0n) is 16.2. The molecule has 0 unspecified atom stereocenters. The van der Waals surface area contributed by atoms with E-state index < -0.39 is 11.7 Å². The molecule has 1 aliphatic heterocycles. The topological polar surface area (TPSA) is 78.4 Å². The number of likely N-dealkylation sites (tertiary alicyclic amines) is 1. The van der Waals surface area contributed by atoms with E-state index in [2.05, 4.69) is 30.4 Å². The number of ether oxygens (including phenoxy) is 1. The van der Waals surface area contributed by atoms with Crippen molar-refractivity contribution in [2.45, 2.75) is 31.9 Å². The highest BCUT2D eigenvalue weighted by Gasteiger charge is 2.34. The number of alkyl halides is 3. The third kappa shape index (κ3) is 5.61. The van der Waals surface area contributed by atoms with Crippen molar-refractivity contribution in [3.05, 3.63) is 42.0 Å². The van der Waals surface area contributed by atoms with Crippen LogP contribution in [0.25, 0.3) is 0 Å². The lowest BCUT2D eigenvalue weighted by Gasteiger charge is -2.33. The summed E-state index contributed by atoms with van der Waals surface area (Å²) >= 11 is 0. The first-order valence-corrected chi connectivity index (χ1v) is 9.66. The smallest absolute Gasteiger partial charge is 0.419 e. The van der Waals surface area contributed by atoms with Crippen molar-refractivity contribution in [3.8, 4) is 5.75 Å². The molecule has 1 saturated heterocycles. The molecule has 0 aliphatic carbocycles. The lowest BCUT2D eigenvalue weighted by molar-refractivity contribution is -0.138. The highest BCUT2D eigenvalue weighted by Crippen LogP contribution is 2.35. The molecule has 0 radical (unpaired) electrons. The van der Waals surface area contributed by atoms with Crippen LogP contribution in [0.2, 0.25) is 0 Å². The van der Waals surface area contributed by atoms with Crippen LogP contribution in [0.1, 0.15) is 37.1 Å². The Morgan fingerprint density at radius 3 is 2.72 bits per heavy atom. The van der Waals surface area contributed by atoms with Gasteiger partial charge >= 0.3 is 6.18 Å². The normalized spacial score (nSPS) is 16.1. The molecule has 1 aromatic carbocycles. The van der Waals surface area contributed by atoms with Crippen molar-refractivity contribution >= 4 is 5.96 Å². The van der Waals surface area contributed by atoms with E-state index in [1.165, 1.54) is 24.5 Å². The Bertz CT molecular complexity index is 785. The van der Waals surface area contributed by atoms with E-state index in [1.54, 1.807) is 0 Å². The highest BCUT2D eigenvalue weighted by atomic mass is 19.4. The van der Waals surface area contributed by atoms with E-state index in [0.717, 1.165) is 43.8 Å². The Balaban J connectivity index is 1.54. The number of aromatic nitrogens is 3. The number of benzene rings is 1. The van der Waals surface area contributed by atoms with Gasteiger partial charge in [-0.2, -0.15) is 18.3 Å². The van der Waals surface area contributed by atoms with Crippen molar-refractivity contribution in [2.75, 3.05) is 32.8 Å². The Kier molecular flexibility index (Phi) is 6.95. The van der Waals surface area contributed by atoms with Gasteiger partial charge < -0.3 is 15.0 Å². The molecule has 0 atom stereocenters. The van der Waals surface area contributed by atoms with Gasteiger partial charge in [0.1, 0.15) is 24.5 Å². The van der Waals surface area contributed by atoms with Crippen LogP contribution in [0, 0.1) is 0 Å². The molecule has 2 heterocycles. The lowest BCUT2D eigenvalue weighted by atomic mass is 9.96. The van der Waals surface area contributed by atoms with Gasteiger partial charge in [-0.25, -0.2) is 9.98 Å². The van der Waals surface area contributed by atoms with Crippen molar-refractivity contribution in [2.24, 2.45) is 4.99 Å². The van der Waals surface area contributed by atoms with Gasteiger partial charge in [-0.3, -0.25) is 5.10 Å². The molecule has 10 heteroatoms. The Morgan fingerprint density at radius 2 is 2.07 bits per heavy atom. The standard InChI is InChI=1S/C19H25F3N6O/c1-2-23-18(28-10-7-14(8-11-28)17-25-13-26-27-17)24-9-12-29-16-6-4-3-5-15(16)19(20,21)22/h3-6,13-14H,2,7-12H2,1H3,(H,23,24)(H,25,26,27). The maximum atomic E-state index is 13.0. The average molecular weight is 410 g/mol. The van der Waals surface area contributed by atoms with E-state index in [-0.39, 0.29) is 18.9 Å². The number of guanidine groups is 1. The van der Waals surface area contributed by atoms with Gasteiger partial charge in [0.05, 0.1) is 12.1 Å². The van der Waals surface area contributed by atoms with Crippen LogP contribution >= 0.6 is 0 Å². The minimum atomic E-state index is -4.44. The summed E-state index contributed by atoms with van der Waals surface area (Å²) in [7, 11) is 0. The van der Waals surface area contributed by atoms with Gasteiger partial charge in [0.2, 0.25) is 0 Å². The van der Waals surface area contributed by atoms with E-state index >= 15 is 0 Å². The fourth-order valence-electron chi connectivity index (χ4n) is 3.34. The van der Waals surface area contributed by atoms with Crippen LogP contribution in [0.15, 0.2) is 35.6 Å². The molecular formula is C19H25F3N6O. The van der Waals surface area contributed by atoms with Crippen LogP contribution in [0.4, 0.5) is 13.2 Å². The molecule has 0 amide bonds. The monoisotopic (exact) mass is 410 g/mol. The largest absolute Gasteiger partial charge is 0.491 e. The summed E-state index contributed by atoms with van der Waals surface area (Å²) in [4.78, 5) is 10.9. The van der Waals surface area contributed by atoms with Crippen LogP contribution in [0.5, 0.6) is 5.75 Å². The second-order valence-corrected chi connectivity index (χ2v) is 6.71. The second-order valence-electron chi connectivity index (χ2n) is 6.71. The molecule has 2 N–H and O–H groups in total. The van der Waals surface area contributed by atoms with Crippen molar-refractivity contribution in [3.63, 3.8) is 0 Å². The Hall–Kier alpha value is -2.78. The summed E-state index contributed by atoms with van der Waals surface area (Å²) in [6.45, 7) is 4.64. The van der Waals surface area contributed by atoms with E-state index in [9.17, 15) is 13.2 Å². The van der Waals surface area contributed by atoms with Crippen LogP contribution in [-0.4, -0.2) is 58.8 Å². The van der Waals surface area contributed by atoms with Gasteiger partial charge in [-0.05, 0) is 31.9 Å². The maximum Gasteiger partial charge on any atom is 0.419 e. The summed E-state index contributed by atoms with van der Waals surface area (Å²) in [6.07, 6.45) is -1.07. The number of hydrogen-bond acceptors (Lipinski definition) is 4. The Morgan fingerprint density at radius 1 is 1.31 bits per heavy atom. The number of aliphatic imine (C=N–C) groups is 1. The number of para-hydroxylation sites is 1. The first kappa shape index (κ1) is 20.9. The van der Waals surface area contributed by atoms with Gasteiger partial charge in [0.15, 0.2) is 5.96 Å². The molecule has 1 fully saturated rings. The summed E-state index contributed by atoms with van der Waals surface area (Å²) in [5.41, 5.74) is -0.773. The molecule has 158 valence electrons. The molecule has 29 heavy (non-hydrogen) atoms. The maximum absolute atomic E-state index is 13.0. The number of H-pyrrole nitrogens is 1. The molecule has 3 rings (SSSR count). The SMILES string of the molecule is CCNC(=NCCOc1ccccc1C(F)(F)F)N1CCC(c2ncn[nH]2)CC1. The third-order valence-corrected chi connectivity index (χ3v) is 4.75. The molecular weight excluding hydrogens is 385 g/mol. The zero-order chi connectivity index (χ0) is 20.7. The Labute approximate surface area is 167 Å². The molecule has 0 bridgehead atoms. The number of hydrogen-bond donors (Lipinski definition) is 2. The number of nitrogens with zero attached hydrogens (tertiary/aromatic N) is 4. The van der Waals surface area contributed by atoms with Gasteiger partial charge in [-0.1, -0.05) is 12.1 Å². The number of rotatable bonds is 6. The van der Waals surface area contributed by atoms with Gasteiger partial charge in [0.25, 0.3) is 0 Å². The summed E-state index contributed by atoms with van der Waals surface area (Å²) in [6, 6.07) is 5.21. The van der Waals surface area contributed by atoms with Crippen molar-refractivity contribution in [1.82, 2.24) is 25.4 Å². The average Bonchev–Trinajstić information content (AvgIpc) is 3.25.